The number of quaternary nitrogens is 1. The minimum atomic E-state index is -0.281. The number of nitrogens with zero attached hydrogens (tertiary/aromatic N) is 1. The molecule has 0 aliphatic heterocycles. The zero-order chi connectivity index (χ0) is 15.5. The summed E-state index contributed by atoms with van der Waals surface area (Å²) in [7, 11) is 4.51. The molecule has 4 nitrogen and oxygen atoms in total. The van der Waals surface area contributed by atoms with Crippen LogP contribution in [-0.2, 0) is 11.2 Å². The number of nitrogens with one attached hydrogen (secondary N) is 1. The van der Waals surface area contributed by atoms with Crippen LogP contribution in [0.5, 0.6) is 5.75 Å². The number of ether oxygens (including phenoxy) is 1. The highest BCUT2D eigenvalue weighted by Gasteiger charge is 2.17. The lowest BCUT2D eigenvalue weighted by molar-refractivity contribution is -0.890. The molecule has 114 valence electrons. The number of likely N-dealkylation sites (N-methyl/N-ethyl adjacent to an activating group) is 1. The molecule has 2 rings (SSSR count). The van der Waals surface area contributed by atoms with E-state index in [0.29, 0.717) is 5.75 Å². The zero-order valence-corrected chi connectivity index (χ0v) is 13.4. The molecule has 4 heteroatoms. The molecule has 1 N–H and O–H groups in total. The van der Waals surface area contributed by atoms with Gasteiger partial charge in [0, 0.05) is 30.4 Å². The van der Waals surface area contributed by atoms with Crippen LogP contribution >= 0.6 is 0 Å². The lowest BCUT2D eigenvalue weighted by atomic mass is 10.1. The van der Waals surface area contributed by atoms with Crippen molar-refractivity contribution in [2.75, 3.05) is 27.2 Å². The van der Waals surface area contributed by atoms with Gasteiger partial charge >= 0.3 is 5.97 Å². The predicted octanol–water partition coefficient (Wildman–Crippen LogP) is 3.12. The van der Waals surface area contributed by atoms with E-state index in [9.17, 15) is 4.79 Å². The van der Waals surface area contributed by atoms with Gasteiger partial charge in [0.1, 0.15) is 5.75 Å². The highest BCUT2D eigenvalue weighted by atomic mass is 16.5. The summed E-state index contributed by atoms with van der Waals surface area (Å²) < 4.78 is 6.34. The Morgan fingerprint density at radius 3 is 2.71 bits per heavy atom. The third kappa shape index (κ3) is 3.85. The van der Waals surface area contributed by atoms with Crippen LogP contribution in [-0.4, -0.2) is 42.6 Å². The van der Waals surface area contributed by atoms with Gasteiger partial charge in [0.05, 0.1) is 27.2 Å². The van der Waals surface area contributed by atoms with Gasteiger partial charge in [-0.05, 0) is 24.1 Å². The van der Waals surface area contributed by atoms with Crippen molar-refractivity contribution in [1.29, 1.82) is 0 Å². The number of carbonyl (C=O) groups is 1. The fourth-order valence-electron chi connectivity index (χ4n) is 2.80. The van der Waals surface area contributed by atoms with Crippen LogP contribution in [0.2, 0.25) is 0 Å². The zero-order valence-electron chi connectivity index (χ0n) is 13.4. The molecule has 1 heterocycles. The molecule has 0 atom stereocenters. The normalized spacial score (nSPS) is 11.8. The van der Waals surface area contributed by atoms with Crippen molar-refractivity contribution in [1.82, 2.24) is 4.98 Å². The fraction of sp³-hybridized carbons (Fsp3) is 0.471. The number of aromatic amines is 1. The predicted molar refractivity (Wildman–Crippen MR) is 85.4 cm³/mol. The third-order valence-corrected chi connectivity index (χ3v) is 3.82. The Balaban J connectivity index is 2.26. The standard InChI is InChI=1S/C17H25N2O2/c1-5-10-19(3,4)11-9-14-12-18-15-7-6-8-16(17(14)15)21-13(2)20/h6-8,12,18H,5,9-11H2,1-4H3/q+1. The maximum Gasteiger partial charge on any atom is 0.308 e. The Morgan fingerprint density at radius 2 is 2.05 bits per heavy atom. The minimum absolute atomic E-state index is 0.281. The van der Waals surface area contributed by atoms with E-state index in [2.05, 4.69) is 26.0 Å². The van der Waals surface area contributed by atoms with Crippen LogP contribution in [0.3, 0.4) is 0 Å². The molecule has 1 aromatic heterocycles. The van der Waals surface area contributed by atoms with Crippen LogP contribution in [0.25, 0.3) is 10.9 Å². The van der Waals surface area contributed by atoms with Gasteiger partial charge in [0.25, 0.3) is 0 Å². The molecule has 0 bridgehead atoms. The van der Waals surface area contributed by atoms with Crippen molar-refractivity contribution >= 4 is 16.9 Å². The van der Waals surface area contributed by atoms with E-state index in [1.54, 1.807) is 0 Å². The average molecular weight is 289 g/mol. The maximum absolute atomic E-state index is 11.3. The molecule has 21 heavy (non-hydrogen) atoms. The number of hydrogen-bond donors (Lipinski definition) is 1. The van der Waals surface area contributed by atoms with Gasteiger partial charge in [-0.2, -0.15) is 0 Å². The van der Waals surface area contributed by atoms with Crippen LogP contribution in [0.1, 0.15) is 25.8 Å². The van der Waals surface area contributed by atoms with Crippen molar-refractivity contribution in [2.24, 2.45) is 0 Å². The van der Waals surface area contributed by atoms with Crippen LogP contribution in [0, 0.1) is 0 Å². The van der Waals surface area contributed by atoms with Gasteiger partial charge in [-0.3, -0.25) is 4.79 Å². The highest BCUT2D eigenvalue weighted by molar-refractivity contribution is 5.91. The van der Waals surface area contributed by atoms with E-state index in [1.165, 1.54) is 25.5 Å². The number of rotatable bonds is 6. The Bertz CT molecular complexity index is 629. The quantitative estimate of drug-likeness (QED) is 0.504. The van der Waals surface area contributed by atoms with E-state index in [0.717, 1.165) is 28.4 Å². The van der Waals surface area contributed by atoms with Crippen molar-refractivity contribution < 1.29 is 14.0 Å². The van der Waals surface area contributed by atoms with E-state index in [1.807, 2.05) is 24.4 Å². The summed E-state index contributed by atoms with van der Waals surface area (Å²) >= 11 is 0. The van der Waals surface area contributed by atoms with Crippen molar-refractivity contribution in [2.45, 2.75) is 26.7 Å². The van der Waals surface area contributed by atoms with Gasteiger partial charge in [-0.1, -0.05) is 13.0 Å². The average Bonchev–Trinajstić information content (AvgIpc) is 2.80. The number of fused-ring (bicyclic) bond motifs is 1. The Hall–Kier alpha value is -1.81. The molecule has 2 aromatic rings. The van der Waals surface area contributed by atoms with Gasteiger partial charge < -0.3 is 14.2 Å². The summed E-state index contributed by atoms with van der Waals surface area (Å²) in [6.45, 7) is 5.88. The van der Waals surface area contributed by atoms with Gasteiger partial charge in [-0.25, -0.2) is 0 Å². The fourth-order valence-corrected chi connectivity index (χ4v) is 2.80. The molecule has 0 amide bonds. The van der Waals surface area contributed by atoms with E-state index in [4.69, 9.17) is 4.74 Å². The van der Waals surface area contributed by atoms with Crippen LogP contribution in [0.4, 0.5) is 0 Å². The van der Waals surface area contributed by atoms with E-state index in [-0.39, 0.29) is 5.97 Å². The van der Waals surface area contributed by atoms with Crippen molar-refractivity contribution in [3.05, 3.63) is 30.0 Å². The second-order valence-electron chi connectivity index (χ2n) is 6.22. The summed E-state index contributed by atoms with van der Waals surface area (Å²) in [6.07, 6.45) is 4.18. The van der Waals surface area contributed by atoms with Crippen LogP contribution in [0.15, 0.2) is 24.4 Å². The van der Waals surface area contributed by atoms with Gasteiger partial charge in [-0.15, -0.1) is 0 Å². The summed E-state index contributed by atoms with van der Waals surface area (Å²) in [4.78, 5) is 14.5. The third-order valence-electron chi connectivity index (χ3n) is 3.82. The molecule has 1 aromatic carbocycles. The smallest absolute Gasteiger partial charge is 0.308 e. The van der Waals surface area contributed by atoms with Gasteiger partial charge in [0.15, 0.2) is 0 Å². The summed E-state index contributed by atoms with van der Waals surface area (Å²) in [5.41, 5.74) is 2.23. The summed E-state index contributed by atoms with van der Waals surface area (Å²) in [6, 6.07) is 5.77. The monoisotopic (exact) mass is 289 g/mol. The van der Waals surface area contributed by atoms with Crippen molar-refractivity contribution in [3.8, 4) is 5.75 Å². The topological polar surface area (TPSA) is 42.1 Å². The molecule has 0 saturated carbocycles. The molecule has 0 radical (unpaired) electrons. The minimum Gasteiger partial charge on any atom is -0.426 e. The second kappa shape index (κ2) is 6.31. The maximum atomic E-state index is 11.3. The Kier molecular flexibility index (Phi) is 4.68. The highest BCUT2D eigenvalue weighted by Crippen LogP contribution is 2.29. The molecular formula is C17H25N2O2+. The molecular weight excluding hydrogens is 264 g/mol. The summed E-state index contributed by atoms with van der Waals surface area (Å²) in [5.74, 6) is 0.369. The largest absolute Gasteiger partial charge is 0.426 e. The second-order valence-corrected chi connectivity index (χ2v) is 6.22. The van der Waals surface area contributed by atoms with E-state index >= 15 is 0 Å². The molecule has 0 spiro atoms. The lowest BCUT2D eigenvalue weighted by Crippen LogP contribution is -2.41. The molecule has 0 aliphatic rings. The van der Waals surface area contributed by atoms with Gasteiger partial charge in [0.2, 0.25) is 0 Å². The first kappa shape index (κ1) is 15.6. The number of esters is 1. The molecule has 0 unspecified atom stereocenters. The van der Waals surface area contributed by atoms with E-state index < -0.39 is 0 Å². The lowest BCUT2D eigenvalue weighted by Gasteiger charge is -2.29. The summed E-state index contributed by atoms with van der Waals surface area (Å²) in [5, 5.41) is 1.03. The van der Waals surface area contributed by atoms with Crippen molar-refractivity contribution in [3.63, 3.8) is 0 Å². The number of carbonyl (C=O) groups excluding carboxylic acids is 1. The number of hydrogen-bond acceptors (Lipinski definition) is 2. The first-order chi connectivity index (χ1) is 9.93. The molecule has 0 fully saturated rings. The number of H-pyrrole nitrogens is 1. The Morgan fingerprint density at radius 1 is 1.29 bits per heavy atom. The molecule has 0 saturated heterocycles. The number of benzene rings is 1. The SMILES string of the molecule is CCC[N+](C)(C)CCc1c[nH]c2cccc(OC(C)=O)c12. The Labute approximate surface area is 126 Å². The first-order valence-corrected chi connectivity index (χ1v) is 7.52. The van der Waals surface area contributed by atoms with Crippen LogP contribution < -0.4 is 4.74 Å². The first-order valence-electron chi connectivity index (χ1n) is 7.52. The molecule has 0 aliphatic carbocycles. The number of aromatic nitrogens is 1.